The van der Waals surface area contributed by atoms with Gasteiger partial charge in [-0.05, 0) is 49.1 Å². The molecule has 0 bridgehead atoms. The Hall–Kier alpha value is -3.33. The minimum Gasteiger partial charge on any atom is -0.435 e. The van der Waals surface area contributed by atoms with E-state index in [1.807, 2.05) is 24.4 Å². The molecule has 4 rings (SSSR count). The molecule has 1 unspecified atom stereocenters. The highest BCUT2D eigenvalue weighted by Crippen LogP contribution is 2.23. The summed E-state index contributed by atoms with van der Waals surface area (Å²) in [5.74, 6) is -0.246. The number of hydrogen-bond acceptors (Lipinski definition) is 5. The average molecular weight is 442 g/mol. The zero-order chi connectivity index (χ0) is 22.0. The van der Waals surface area contributed by atoms with Crippen LogP contribution in [0.25, 0.3) is 11.0 Å². The van der Waals surface area contributed by atoms with Gasteiger partial charge in [-0.2, -0.15) is 13.9 Å². The Labute approximate surface area is 181 Å². The normalized spacial score (nSPS) is 12.3. The number of nitrogens with zero attached hydrogens (tertiary/aromatic N) is 3. The Kier molecular flexibility index (Phi) is 5.94. The number of aromatic nitrogens is 3. The molecule has 1 N–H and O–H groups in total. The van der Waals surface area contributed by atoms with Crippen molar-refractivity contribution in [3.05, 3.63) is 75.7 Å². The van der Waals surface area contributed by atoms with Crippen LogP contribution in [-0.2, 0) is 6.54 Å². The average Bonchev–Trinajstić information content (AvgIpc) is 3.38. The molecule has 0 saturated carbocycles. The van der Waals surface area contributed by atoms with E-state index in [2.05, 4.69) is 20.1 Å². The van der Waals surface area contributed by atoms with Crippen molar-refractivity contribution in [3.63, 3.8) is 0 Å². The van der Waals surface area contributed by atoms with E-state index in [9.17, 15) is 13.6 Å². The highest BCUT2D eigenvalue weighted by Gasteiger charge is 2.19. The molecule has 0 aliphatic carbocycles. The van der Waals surface area contributed by atoms with Gasteiger partial charge < -0.3 is 10.1 Å². The predicted molar refractivity (Wildman–Crippen MR) is 115 cm³/mol. The molecule has 0 aliphatic rings. The van der Waals surface area contributed by atoms with Crippen molar-refractivity contribution in [2.45, 2.75) is 33.0 Å². The third-order valence-electron chi connectivity index (χ3n) is 4.80. The fourth-order valence-electron chi connectivity index (χ4n) is 3.34. The minimum absolute atomic E-state index is 0.0469. The monoisotopic (exact) mass is 442 g/mol. The maximum absolute atomic E-state index is 13.1. The van der Waals surface area contributed by atoms with Gasteiger partial charge in [0.05, 0.1) is 29.7 Å². The number of carbonyl (C=O) groups excluding carboxylic acids is 1. The first-order valence-corrected chi connectivity index (χ1v) is 10.5. The van der Waals surface area contributed by atoms with Crippen LogP contribution in [0.15, 0.2) is 54.0 Å². The molecule has 160 valence electrons. The molecule has 0 aliphatic heterocycles. The Balaban J connectivity index is 1.58. The molecule has 1 amide bonds. The maximum Gasteiger partial charge on any atom is 0.387 e. The summed E-state index contributed by atoms with van der Waals surface area (Å²) in [6.07, 6.45) is 1.64. The number of amides is 1. The number of alkyl halides is 2. The SMILES string of the molecule is Cc1cc(C(=O)NC(C)c2cccc(OC(F)F)c2)c2cnn(Cc3cccs3)c2n1. The highest BCUT2D eigenvalue weighted by molar-refractivity contribution is 7.09. The van der Waals surface area contributed by atoms with Gasteiger partial charge in [0.1, 0.15) is 5.75 Å². The summed E-state index contributed by atoms with van der Waals surface area (Å²) in [6.45, 7) is 1.28. The molecule has 31 heavy (non-hydrogen) atoms. The second-order valence-electron chi connectivity index (χ2n) is 7.08. The van der Waals surface area contributed by atoms with Gasteiger partial charge in [-0.15, -0.1) is 11.3 Å². The van der Waals surface area contributed by atoms with Gasteiger partial charge in [0.25, 0.3) is 5.91 Å². The molecule has 1 aromatic carbocycles. The maximum atomic E-state index is 13.1. The smallest absolute Gasteiger partial charge is 0.387 e. The van der Waals surface area contributed by atoms with Crippen molar-refractivity contribution in [2.24, 2.45) is 0 Å². The van der Waals surface area contributed by atoms with E-state index in [0.717, 1.165) is 4.88 Å². The van der Waals surface area contributed by atoms with Gasteiger partial charge in [0.2, 0.25) is 0 Å². The van der Waals surface area contributed by atoms with Crippen LogP contribution in [0.4, 0.5) is 8.78 Å². The van der Waals surface area contributed by atoms with E-state index in [0.29, 0.717) is 34.4 Å². The van der Waals surface area contributed by atoms with Crippen LogP contribution in [0.3, 0.4) is 0 Å². The standard InChI is InChI=1S/C22H20F2N4O2S/c1-13-9-18(19-11-25-28(20(19)26-13)12-17-7-4-8-31-17)21(29)27-14(2)15-5-3-6-16(10-15)30-22(23)24/h3-11,14,22H,12H2,1-2H3,(H,27,29). The Morgan fingerprint density at radius 2 is 2.10 bits per heavy atom. The molecule has 3 aromatic heterocycles. The van der Waals surface area contributed by atoms with Crippen molar-refractivity contribution in [1.29, 1.82) is 0 Å². The molecule has 1 atom stereocenters. The number of hydrogen-bond donors (Lipinski definition) is 1. The third kappa shape index (κ3) is 4.72. The van der Waals surface area contributed by atoms with Gasteiger partial charge in [0.15, 0.2) is 5.65 Å². The first kappa shape index (κ1) is 20.9. The van der Waals surface area contributed by atoms with Gasteiger partial charge in [0, 0.05) is 10.6 Å². The van der Waals surface area contributed by atoms with Gasteiger partial charge in [-0.1, -0.05) is 18.2 Å². The predicted octanol–water partition coefficient (Wildman–Crippen LogP) is 4.94. The van der Waals surface area contributed by atoms with Crippen LogP contribution in [0.1, 0.15) is 39.5 Å². The molecule has 3 heterocycles. The summed E-state index contributed by atoms with van der Waals surface area (Å²) in [6, 6.07) is 11.6. The molecule has 0 saturated heterocycles. The van der Waals surface area contributed by atoms with Crippen LogP contribution < -0.4 is 10.1 Å². The zero-order valence-electron chi connectivity index (χ0n) is 16.9. The molecular weight excluding hydrogens is 422 g/mol. The van der Waals surface area contributed by atoms with Gasteiger partial charge >= 0.3 is 6.61 Å². The number of aryl methyl sites for hydroxylation is 1. The summed E-state index contributed by atoms with van der Waals surface area (Å²) in [7, 11) is 0. The van der Waals surface area contributed by atoms with Crippen molar-refractivity contribution in [3.8, 4) is 5.75 Å². The summed E-state index contributed by atoms with van der Waals surface area (Å²) < 4.78 is 31.2. The van der Waals surface area contributed by atoms with E-state index < -0.39 is 12.7 Å². The first-order chi connectivity index (χ1) is 14.9. The number of fused-ring (bicyclic) bond motifs is 1. The fraction of sp³-hybridized carbons (Fsp3) is 0.227. The van der Waals surface area contributed by atoms with Crippen molar-refractivity contribution in [2.75, 3.05) is 0 Å². The summed E-state index contributed by atoms with van der Waals surface area (Å²) in [5, 5.41) is 10.0. The largest absolute Gasteiger partial charge is 0.435 e. The third-order valence-corrected chi connectivity index (χ3v) is 5.66. The lowest BCUT2D eigenvalue weighted by atomic mass is 10.1. The number of nitrogens with one attached hydrogen (secondary N) is 1. The second kappa shape index (κ2) is 8.81. The number of halogens is 2. The van der Waals surface area contributed by atoms with Crippen molar-refractivity contribution < 1.29 is 18.3 Å². The van der Waals surface area contributed by atoms with E-state index in [1.54, 1.807) is 47.3 Å². The van der Waals surface area contributed by atoms with Crippen LogP contribution in [0, 0.1) is 6.92 Å². The fourth-order valence-corrected chi connectivity index (χ4v) is 4.03. The number of rotatable bonds is 7. The van der Waals surface area contributed by atoms with E-state index in [-0.39, 0.29) is 11.7 Å². The number of pyridine rings is 1. The second-order valence-corrected chi connectivity index (χ2v) is 8.11. The molecule has 0 spiro atoms. The minimum atomic E-state index is -2.90. The lowest BCUT2D eigenvalue weighted by Gasteiger charge is -2.16. The Bertz CT molecular complexity index is 1210. The lowest BCUT2D eigenvalue weighted by Crippen LogP contribution is -2.27. The number of carbonyl (C=O) groups is 1. The van der Waals surface area contributed by atoms with Crippen molar-refractivity contribution in [1.82, 2.24) is 20.1 Å². The lowest BCUT2D eigenvalue weighted by molar-refractivity contribution is -0.0499. The quantitative estimate of drug-likeness (QED) is 0.440. The van der Waals surface area contributed by atoms with Crippen LogP contribution in [-0.4, -0.2) is 27.3 Å². The number of benzene rings is 1. The van der Waals surface area contributed by atoms with Crippen LogP contribution in [0.2, 0.25) is 0 Å². The Morgan fingerprint density at radius 1 is 1.26 bits per heavy atom. The molecule has 0 fully saturated rings. The first-order valence-electron chi connectivity index (χ1n) is 9.62. The molecule has 6 nitrogen and oxygen atoms in total. The van der Waals surface area contributed by atoms with Crippen molar-refractivity contribution >= 4 is 28.3 Å². The van der Waals surface area contributed by atoms with E-state index in [1.165, 1.54) is 12.1 Å². The zero-order valence-corrected chi connectivity index (χ0v) is 17.7. The van der Waals surface area contributed by atoms with E-state index in [4.69, 9.17) is 0 Å². The molecular formula is C22H20F2N4O2S. The van der Waals surface area contributed by atoms with Crippen LogP contribution in [0.5, 0.6) is 5.75 Å². The van der Waals surface area contributed by atoms with E-state index >= 15 is 0 Å². The topological polar surface area (TPSA) is 69.0 Å². The summed E-state index contributed by atoms with van der Waals surface area (Å²) in [5.41, 5.74) is 2.46. The Morgan fingerprint density at radius 3 is 2.84 bits per heavy atom. The number of thiophene rings is 1. The molecule has 0 radical (unpaired) electrons. The van der Waals surface area contributed by atoms with Crippen LogP contribution >= 0.6 is 11.3 Å². The molecule has 4 aromatic rings. The molecule has 9 heteroatoms. The summed E-state index contributed by atoms with van der Waals surface area (Å²) >= 11 is 1.63. The number of ether oxygens (including phenoxy) is 1. The van der Waals surface area contributed by atoms with Gasteiger partial charge in [-0.25, -0.2) is 9.67 Å². The summed E-state index contributed by atoms with van der Waals surface area (Å²) in [4.78, 5) is 18.8. The highest BCUT2D eigenvalue weighted by atomic mass is 32.1. The van der Waals surface area contributed by atoms with Gasteiger partial charge in [-0.3, -0.25) is 4.79 Å².